The van der Waals surface area contributed by atoms with Crippen LogP contribution < -0.4 is 9.47 Å². The highest BCUT2D eigenvalue weighted by Crippen LogP contribution is 2.36. The molecule has 0 bridgehead atoms. The van der Waals surface area contributed by atoms with Crippen molar-refractivity contribution in [3.8, 4) is 17.2 Å². The van der Waals surface area contributed by atoms with E-state index < -0.39 is 0 Å². The molecule has 0 spiro atoms. The lowest BCUT2D eigenvalue weighted by Gasteiger charge is -2.15. The van der Waals surface area contributed by atoms with E-state index in [0.29, 0.717) is 35.8 Å². The van der Waals surface area contributed by atoms with E-state index in [1.165, 1.54) is 6.08 Å². The lowest BCUT2D eigenvalue weighted by Crippen LogP contribution is -2.02. The molecule has 0 fully saturated rings. The zero-order valence-electron chi connectivity index (χ0n) is 17.8. The van der Waals surface area contributed by atoms with Gasteiger partial charge >= 0.3 is 0 Å². The molecule has 0 radical (unpaired) electrons. The van der Waals surface area contributed by atoms with Crippen LogP contribution in [-0.2, 0) is 6.61 Å². The molecule has 0 atom stereocenters. The summed E-state index contributed by atoms with van der Waals surface area (Å²) in [4.78, 5) is 12.4. The smallest absolute Gasteiger partial charge is 0.185 e. The zero-order valence-corrected chi connectivity index (χ0v) is 17.8. The van der Waals surface area contributed by atoms with Gasteiger partial charge in [0.1, 0.15) is 12.4 Å². The largest absolute Gasteiger partial charge is 0.507 e. The number of ketones is 1. The maximum absolute atomic E-state index is 12.4. The summed E-state index contributed by atoms with van der Waals surface area (Å²) in [5.41, 5.74) is 2.12. The number of ether oxygens (including phenoxy) is 2. The molecule has 0 aliphatic heterocycles. The van der Waals surface area contributed by atoms with E-state index in [1.54, 1.807) is 30.3 Å². The number of carbonyl (C=O) groups is 1. The summed E-state index contributed by atoms with van der Waals surface area (Å²) in [5, 5.41) is 10.5. The van der Waals surface area contributed by atoms with Crippen LogP contribution in [0.3, 0.4) is 0 Å². The van der Waals surface area contributed by atoms with Crippen LogP contribution >= 0.6 is 0 Å². The Morgan fingerprint density at radius 2 is 1.58 bits per heavy atom. The Morgan fingerprint density at radius 1 is 0.903 bits per heavy atom. The lowest BCUT2D eigenvalue weighted by molar-refractivity contribution is 0.104. The minimum atomic E-state index is -0.130. The fourth-order valence-corrected chi connectivity index (χ4v) is 3.06. The topological polar surface area (TPSA) is 55.8 Å². The predicted molar refractivity (Wildman–Crippen MR) is 124 cm³/mol. The van der Waals surface area contributed by atoms with Crippen molar-refractivity contribution < 1.29 is 19.4 Å². The van der Waals surface area contributed by atoms with Crippen molar-refractivity contribution in [3.63, 3.8) is 0 Å². The molecule has 3 aromatic carbocycles. The van der Waals surface area contributed by atoms with Crippen molar-refractivity contribution in [2.24, 2.45) is 0 Å². The van der Waals surface area contributed by atoms with Crippen LogP contribution in [0.4, 0.5) is 0 Å². The molecular formula is C27H28O4. The van der Waals surface area contributed by atoms with Gasteiger partial charge in [-0.15, -0.1) is 0 Å². The number of hydrogen-bond acceptors (Lipinski definition) is 4. The van der Waals surface area contributed by atoms with E-state index in [9.17, 15) is 9.90 Å². The van der Waals surface area contributed by atoms with Gasteiger partial charge in [-0.05, 0) is 30.2 Å². The van der Waals surface area contributed by atoms with Gasteiger partial charge in [0.25, 0.3) is 0 Å². The second kappa shape index (κ2) is 11.6. The molecule has 0 saturated heterocycles. The highest BCUT2D eigenvalue weighted by Gasteiger charge is 2.12. The zero-order chi connectivity index (χ0) is 21.9. The highest BCUT2D eigenvalue weighted by molar-refractivity contribution is 6.06. The minimum absolute atomic E-state index is 0.0288. The van der Waals surface area contributed by atoms with Gasteiger partial charge < -0.3 is 14.6 Å². The van der Waals surface area contributed by atoms with Crippen LogP contribution in [0.15, 0.2) is 78.9 Å². The molecule has 31 heavy (non-hydrogen) atoms. The highest BCUT2D eigenvalue weighted by atomic mass is 16.5. The van der Waals surface area contributed by atoms with Crippen molar-refractivity contribution in [1.82, 2.24) is 0 Å². The number of benzene rings is 3. The summed E-state index contributed by atoms with van der Waals surface area (Å²) in [5.74, 6) is 0.928. The number of unbranched alkanes of at least 4 members (excludes halogenated alkanes) is 2. The summed E-state index contributed by atoms with van der Waals surface area (Å²) in [6, 6.07) is 22.1. The number of aromatic hydroxyl groups is 1. The Balaban J connectivity index is 1.79. The third-order valence-corrected chi connectivity index (χ3v) is 4.81. The average Bonchev–Trinajstić information content (AvgIpc) is 2.81. The maximum Gasteiger partial charge on any atom is 0.185 e. The van der Waals surface area contributed by atoms with E-state index in [0.717, 1.165) is 24.8 Å². The van der Waals surface area contributed by atoms with Crippen molar-refractivity contribution in [1.29, 1.82) is 0 Å². The van der Waals surface area contributed by atoms with Crippen molar-refractivity contribution >= 4 is 11.9 Å². The molecular weight excluding hydrogens is 388 g/mol. The Bertz CT molecular complexity index is 995. The number of rotatable bonds is 11. The van der Waals surface area contributed by atoms with E-state index in [-0.39, 0.29) is 11.5 Å². The average molecular weight is 417 g/mol. The quantitative estimate of drug-likeness (QED) is 0.222. The summed E-state index contributed by atoms with van der Waals surface area (Å²) in [6.45, 7) is 3.07. The van der Waals surface area contributed by atoms with Crippen LogP contribution in [-0.4, -0.2) is 17.5 Å². The molecule has 0 saturated carbocycles. The monoisotopic (exact) mass is 416 g/mol. The molecule has 3 rings (SSSR count). The number of phenols is 1. The molecule has 160 valence electrons. The second-order valence-electron chi connectivity index (χ2n) is 7.25. The molecule has 0 aliphatic carbocycles. The van der Waals surface area contributed by atoms with Gasteiger partial charge in [0.05, 0.1) is 6.61 Å². The third kappa shape index (κ3) is 6.75. The SMILES string of the molecule is CCCCCOc1cc(C=CC(=O)c2ccccc2)c(O)cc1OCc1ccccc1. The van der Waals surface area contributed by atoms with Crippen LogP contribution in [0.2, 0.25) is 0 Å². The molecule has 3 aromatic rings. The van der Waals surface area contributed by atoms with Crippen LogP contribution in [0.5, 0.6) is 17.2 Å². The molecule has 4 nitrogen and oxygen atoms in total. The Morgan fingerprint density at radius 3 is 2.29 bits per heavy atom. The first-order valence-corrected chi connectivity index (χ1v) is 10.6. The van der Waals surface area contributed by atoms with Crippen molar-refractivity contribution in [3.05, 3.63) is 95.6 Å². The van der Waals surface area contributed by atoms with Crippen LogP contribution in [0.1, 0.15) is 47.7 Å². The molecule has 4 heteroatoms. The normalized spacial score (nSPS) is 10.9. The van der Waals surface area contributed by atoms with Gasteiger partial charge in [-0.2, -0.15) is 0 Å². The van der Waals surface area contributed by atoms with Gasteiger partial charge in [-0.25, -0.2) is 0 Å². The Labute approximate surface area is 183 Å². The van der Waals surface area contributed by atoms with Crippen molar-refractivity contribution in [2.45, 2.75) is 32.8 Å². The fourth-order valence-electron chi connectivity index (χ4n) is 3.06. The van der Waals surface area contributed by atoms with Gasteiger partial charge in [0, 0.05) is 17.2 Å². The molecule has 1 N–H and O–H groups in total. The van der Waals surface area contributed by atoms with Crippen molar-refractivity contribution in [2.75, 3.05) is 6.61 Å². The molecule has 0 heterocycles. The maximum atomic E-state index is 12.4. The van der Waals surface area contributed by atoms with E-state index in [1.807, 2.05) is 48.5 Å². The Hall–Kier alpha value is -3.53. The molecule has 0 unspecified atom stereocenters. The number of phenolic OH excluding ortho intramolecular Hbond substituents is 1. The Kier molecular flexibility index (Phi) is 8.29. The summed E-state index contributed by atoms with van der Waals surface area (Å²) < 4.78 is 11.9. The summed E-state index contributed by atoms with van der Waals surface area (Å²) in [7, 11) is 0. The third-order valence-electron chi connectivity index (χ3n) is 4.81. The predicted octanol–water partition coefficient (Wildman–Crippen LogP) is 6.44. The fraction of sp³-hybridized carbons (Fsp3) is 0.222. The number of carbonyl (C=O) groups excluding carboxylic acids is 1. The van der Waals surface area contributed by atoms with E-state index in [4.69, 9.17) is 9.47 Å². The lowest BCUT2D eigenvalue weighted by atomic mass is 10.1. The summed E-state index contributed by atoms with van der Waals surface area (Å²) >= 11 is 0. The molecule has 0 aromatic heterocycles. The van der Waals surface area contributed by atoms with Crippen LogP contribution in [0, 0.1) is 0 Å². The molecule has 0 amide bonds. The second-order valence-corrected chi connectivity index (χ2v) is 7.25. The van der Waals surface area contributed by atoms with Gasteiger partial charge in [-0.3, -0.25) is 4.79 Å². The first kappa shape index (κ1) is 22.2. The first-order valence-electron chi connectivity index (χ1n) is 10.6. The van der Waals surface area contributed by atoms with Crippen LogP contribution in [0.25, 0.3) is 6.08 Å². The van der Waals surface area contributed by atoms with Gasteiger partial charge in [-0.1, -0.05) is 80.4 Å². The number of allylic oxidation sites excluding steroid dienone is 1. The standard InChI is InChI=1S/C27H28O4/c1-2-3-10-17-30-26-18-23(15-16-24(28)22-13-8-5-9-14-22)25(29)19-27(26)31-20-21-11-6-4-7-12-21/h4-9,11-16,18-19,29H,2-3,10,17,20H2,1H3. The van der Waals surface area contributed by atoms with Gasteiger partial charge in [0.2, 0.25) is 0 Å². The minimum Gasteiger partial charge on any atom is -0.507 e. The van der Waals surface area contributed by atoms with E-state index >= 15 is 0 Å². The molecule has 0 aliphatic rings. The van der Waals surface area contributed by atoms with Gasteiger partial charge in [0.15, 0.2) is 17.3 Å². The number of hydrogen-bond donors (Lipinski definition) is 1. The summed E-state index contributed by atoms with van der Waals surface area (Å²) in [6.07, 6.45) is 6.18. The van der Waals surface area contributed by atoms with E-state index in [2.05, 4.69) is 6.92 Å². The first-order chi connectivity index (χ1) is 15.2.